The number of halogens is 3. The lowest BCUT2D eigenvalue weighted by Crippen LogP contribution is -2.54. The van der Waals surface area contributed by atoms with Crippen LogP contribution in [0.3, 0.4) is 0 Å². The maximum absolute atomic E-state index is 14.6. The van der Waals surface area contributed by atoms with E-state index in [0.29, 0.717) is 25.9 Å². The third kappa shape index (κ3) is 17.6. The van der Waals surface area contributed by atoms with Crippen LogP contribution >= 0.6 is 11.3 Å². The minimum Gasteiger partial charge on any atom is -0.508 e. The summed E-state index contributed by atoms with van der Waals surface area (Å²) in [6, 6.07) is 15.7. The standard InChI is InChI=1S/C50H75N5O7S.C2HF3O/c1-12-34(6)46(54(9)50(60)39(32(2)3)30-42(57)45(33(4)5)53(8)27-24-36-20-22-38(56)23-21-36)43(61-10)31-44(58)55-26-16-19-41(55)47(62-11)35(7)48(59)52-40(49-51-25-28-63-49)29-37-17-14-13-15-18-37;3-2(4,5)1-6/h13-15,17-18,20-23,25,28,32-35,39-41,43,45-47,56H,12,16,19,24,26-27,29-31H2,1-11H3,(H,52,59);1H/t34-,35+,39-,40-,41-,43+,45-,46-,47+;/m0./s1. The molecule has 0 radical (unpaired) electrons. The first-order valence-electron chi connectivity index (χ1n) is 24.0. The molecule has 69 heavy (non-hydrogen) atoms. The minimum atomic E-state index is -4.64. The molecule has 3 amide bonds. The van der Waals surface area contributed by atoms with Gasteiger partial charge in [-0.25, -0.2) is 4.98 Å². The van der Waals surface area contributed by atoms with Crippen LogP contribution < -0.4 is 5.32 Å². The van der Waals surface area contributed by atoms with Crippen molar-refractivity contribution in [3.63, 3.8) is 0 Å². The molecule has 1 fully saturated rings. The summed E-state index contributed by atoms with van der Waals surface area (Å²) in [6.45, 7) is 15.2. The average molecular weight is 988 g/mol. The first-order valence-corrected chi connectivity index (χ1v) is 24.9. The molecule has 2 N–H and O–H groups in total. The van der Waals surface area contributed by atoms with Gasteiger partial charge in [0, 0.05) is 58.3 Å². The molecule has 1 aromatic heterocycles. The highest BCUT2D eigenvalue weighted by Crippen LogP contribution is 2.32. The van der Waals surface area contributed by atoms with Crippen molar-refractivity contribution in [2.24, 2.45) is 29.6 Å². The predicted molar refractivity (Wildman–Crippen MR) is 262 cm³/mol. The molecule has 1 saturated heterocycles. The Morgan fingerprint density at radius 1 is 0.942 bits per heavy atom. The van der Waals surface area contributed by atoms with Gasteiger partial charge in [-0.3, -0.25) is 28.9 Å². The molecule has 13 nitrogen and oxygen atoms in total. The fourth-order valence-electron chi connectivity index (χ4n) is 9.51. The van der Waals surface area contributed by atoms with E-state index < -0.39 is 42.5 Å². The van der Waals surface area contributed by atoms with Crippen molar-refractivity contribution in [1.29, 1.82) is 0 Å². The number of nitrogens with zero attached hydrogens (tertiary/aromatic N) is 4. The highest BCUT2D eigenvalue weighted by Gasteiger charge is 2.43. The number of aromatic nitrogens is 1. The number of carbonyl (C=O) groups excluding carboxylic acids is 5. The third-order valence-corrected chi connectivity index (χ3v) is 14.3. The monoisotopic (exact) mass is 988 g/mol. The molecule has 4 rings (SSSR count). The van der Waals surface area contributed by atoms with Crippen molar-refractivity contribution >= 4 is 41.1 Å². The zero-order valence-corrected chi connectivity index (χ0v) is 43.1. The van der Waals surface area contributed by atoms with Crippen molar-refractivity contribution in [3.05, 3.63) is 82.3 Å². The number of hydrogen-bond acceptors (Lipinski definition) is 11. The number of benzene rings is 2. The van der Waals surface area contributed by atoms with Crippen molar-refractivity contribution in [2.75, 3.05) is 41.4 Å². The molecule has 17 heteroatoms. The van der Waals surface area contributed by atoms with E-state index in [1.54, 1.807) is 44.5 Å². The summed E-state index contributed by atoms with van der Waals surface area (Å²) in [5.41, 5.74) is 2.16. The normalized spacial score (nSPS) is 17.5. The molecule has 1 aliphatic heterocycles. The molecule has 2 heterocycles. The van der Waals surface area contributed by atoms with Gasteiger partial charge in [0.25, 0.3) is 0 Å². The van der Waals surface area contributed by atoms with Gasteiger partial charge in [-0.1, -0.05) is 97.4 Å². The number of Topliss-reactive ketones (excluding diaryl/α,β-unsaturated/α-hetero) is 1. The Kier molecular flexibility index (Phi) is 24.0. The number of likely N-dealkylation sites (N-methyl/N-ethyl adjacent to an activating group) is 2. The van der Waals surface area contributed by atoms with Gasteiger partial charge in [0.05, 0.1) is 48.7 Å². The number of nitrogens with one attached hydrogen (secondary N) is 1. The lowest BCUT2D eigenvalue weighted by atomic mass is 9.83. The molecular formula is C52H76F3N5O8S. The molecule has 0 unspecified atom stereocenters. The van der Waals surface area contributed by atoms with E-state index in [4.69, 9.17) is 14.3 Å². The first-order chi connectivity index (χ1) is 32.6. The Labute approximate surface area is 411 Å². The van der Waals surface area contributed by atoms with E-state index in [2.05, 4.69) is 29.0 Å². The summed E-state index contributed by atoms with van der Waals surface area (Å²) >= 11 is 1.51. The van der Waals surface area contributed by atoms with Crippen LogP contribution in [0.4, 0.5) is 13.2 Å². The van der Waals surface area contributed by atoms with Gasteiger partial charge in [0.1, 0.15) is 10.8 Å². The fraction of sp³-hybridized carbons (Fsp3) is 0.615. The van der Waals surface area contributed by atoms with E-state index in [9.17, 15) is 37.5 Å². The maximum Gasteiger partial charge on any atom is 0.446 e. The van der Waals surface area contributed by atoms with Crippen molar-refractivity contribution in [2.45, 2.75) is 136 Å². The average Bonchev–Trinajstić information content (AvgIpc) is 4.04. The number of aromatic hydroxyl groups is 1. The van der Waals surface area contributed by atoms with Crippen LogP contribution in [0.15, 0.2) is 66.2 Å². The molecule has 384 valence electrons. The molecule has 3 aromatic rings. The lowest BCUT2D eigenvalue weighted by Gasteiger charge is -2.41. The smallest absolute Gasteiger partial charge is 0.446 e. The van der Waals surface area contributed by atoms with Crippen LogP contribution in [-0.4, -0.2) is 132 Å². The number of ether oxygens (including phenoxy) is 2. The van der Waals surface area contributed by atoms with E-state index in [1.807, 2.05) is 94.4 Å². The zero-order chi connectivity index (χ0) is 51.6. The van der Waals surface area contributed by atoms with Crippen molar-refractivity contribution in [1.82, 2.24) is 25.0 Å². The Morgan fingerprint density at radius 3 is 2.10 bits per heavy atom. The summed E-state index contributed by atoms with van der Waals surface area (Å²) < 4.78 is 43.5. The number of alkyl halides is 3. The van der Waals surface area contributed by atoms with Crippen LogP contribution in [0.2, 0.25) is 0 Å². The molecule has 9 atom stereocenters. The van der Waals surface area contributed by atoms with Crippen molar-refractivity contribution in [3.8, 4) is 5.75 Å². The Hall–Kier alpha value is -4.71. The van der Waals surface area contributed by atoms with Crippen LogP contribution in [0.5, 0.6) is 5.75 Å². The molecular weight excluding hydrogens is 912 g/mol. The number of rotatable bonds is 25. The molecule has 0 spiro atoms. The Morgan fingerprint density at radius 2 is 1.58 bits per heavy atom. The zero-order valence-electron chi connectivity index (χ0n) is 42.3. The number of phenolic OH excluding ortho intramolecular Hbond substituents is 1. The largest absolute Gasteiger partial charge is 0.508 e. The number of ketones is 1. The van der Waals surface area contributed by atoms with E-state index in [1.165, 1.54) is 11.3 Å². The topological polar surface area (TPSA) is 159 Å². The highest BCUT2D eigenvalue weighted by molar-refractivity contribution is 7.09. The van der Waals surface area contributed by atoms with Gasteiger partial charge < -0.3 is 29.7 Å². The Bertz CT molecular complexity index is 2020. The SMILES string of the molecule is CC[C@H](C)[C@@H]([C@@H](CC(=O)N1CCC[C@H]1[C@H](OC)[C@@H](C)C(=O)N[C@@H](Cc1ccccc1)c1nccs1)OC)N(C)C(=O)[C@@H](CC(=O)[C@H](C(C)C)N(C)CCc1ccc(O)cc1)C(C)C.O=CC(F)(F)F. The number of carbonyl (C=O) groups is 5. The number of likely N-dealkylation sites (tertiary alicyclic amines) is 1. The summed E-state index contributed by atoms with van der Waals surface area (Å²) in [7, 11) is 6.94. The second kappa shape index (κ2) is 28.2. The fourth-order valence-corrected chi connectivity index (χ4v) is 10.2. The number of aldehydes is 1. The number of methoxy groups -OCH3 is 2. The summed E-state index contributed by atoms with van der Waals surface area (Å²) in [4.78, 5) is 76.2. The maximum atomic E-state index is 14.6. The summed E-state index contributed by atoms with van der Waals surface area (Å²) in [5, 5.41) is 15.7. The van der Waals surface area contributed by atoms with Crippen molar-refractivity contribution < 1.29 is 51.7 Å². The van der Waals surface area contributed by atoms with E-state index in [-0.39, 0.29) is 78.0 Å². The number of hydrogen-bond donors (Lipinski definition) is 2. The van der Waals surface area contributed by atoms with Gasteiger partial charge in [-0.2, -0.15) is 13.2 Å². The van der Waals surface area contributed by atoms with Crippen LogP contribution in [0, 0.1) is 29.6 Å². The molecule has 1 aliphatic rings. The Balaban J connectivity index is 0.00000197. The van der Waals surface area contributed by atoms with Gasteiger partial charge in [0.2, 0.25) is 24.0 Å². The summed E-state index contributed by atoms with van der Waals surface area (Å²) in [5.74, 6) is -1.36. The molecule has 0 aliphatic carbocycles. The van der Waals surface area contributed by atoms with Crippen LogP contribution in [0.1, 0.15) is 103 Å². The van der Waals surface area contributed by atoms with Gasteiger partial charge in [-0.15, -0.1) is 11.3 Å². The number of phenols is 1. The van der Waals surface area contributed by atoms with E-state index >= 15 is 0 Å². The van der Waals surface area contributed by atoms with Crippen LogP contribution in [-0.2, 0) is 46.3 Å². The van der Waals surface area contributed by atoms with Gasteiger partial charge >= 0.3 is 6.18 Å². The number of amides is 3. The highest BCUT2D eigenvalue weighted by atomic mass is 32.1. The van der Waals surface area contributed by atoms with E-state index in [0.717, 1.165) is 35.4 Å². The quantitative estimate of drug-likeness (QED) is 0.0791. The minimum absolute atomic E-state index is 0.0128. The predicted octanol–water partition coefficient (Wildman–Crippen LogP) is 8.35. The molecule has 0 bridgehead atoms. The van der Waals surface area contributed by atoms with Gasteiger partial charge in [0.15, 0.2) is 5.78 Å². The second-order valence-electron chi connectivity index (χ2n) is 19.0. The summed E-state index contributed by atoms with van der Waals surface area (Å²) in [6.07, 6.45) is -1.43. The van der Waals surface area contributed by atoms with Crippen LogP contribution in [0.25, 0.3) is 0 Å². The first kappa shape index (κ1) is 58.6. The molecule has 0 saturated carbocycles. The second-order valence-corrected chi connectivity index (χ2v) is 19.9. The lowest BCUT2D eigenvalue weighted by molar-refractivity contribution is -0.156. The third-order valence-electron chi connectivity index (χ3n) is 13.4. The number of thiazole rings is 1. The molecule has 2 aromatic carbocycles. The van der Waals surface area contributed by atoms with Gasteiger partial charge in [-0.05, 0) is 73.7 Å².